The fraction of sp³-hybridized carbons (Fsp3) is 0.154. The highest BCUT2D eigenvalue weighted by atomic mass is 32.1. The van der Waals surface area contributed by atoms with Gasteiger partial charge in [-0.15, -0.1) is 11.3 Å². The Morgan fingerprint density at radius 1 is 1.39 bits per heavy atom. The number of nitrogens with one attached hydrogen (secondary N) is 1. The SMILES string of the molecule is N#Cc1ccc(CCC(=O)Nc2nccs2)cc1. The molecule has 0 fully saturated rings. The molecule has 1 aromatic heterocycles. The van der Waals surface area contributed by atoms with Crippen LogP contribution in [0.3, 0.4) is 0 Å². The quantitative estimate of drug-likeness (QED) is 0.915. The van der Waals surface area contributed by atoms with Gasteiger partial charge in [0.2, 0.25) is 5.91 Å². The molecule has 2 rings (SSSR count). The van der Waals surface area contributed by atoms with Crippen LogP contribution in [0.15, 0.2) is 35.8 Å². The highest BCUT2D eigenvalue weighted by Crippen LogP contribution is 2.11. The number of anilines is 1. The second-order valence-corrected chi connectivity index (χ2v) is 4.59. The Labute approximate surface area is 109 Å². The minimum atomic E-state index is -0.0469. The average Bonchev–Trinajstić information content (AvgIpc) is 2.90. The maximum Gasteiger partial charge on any atom is 0.226 e. The molecule has 0 radical (unpaired) electrons. The highest BCUT2D eigenvalue weighted by Gasteiger charge is 2.04. The first-order valence-electron chi connectivity index (χ1n) is 5.46. The van der Waals surface area contributed by atoms with Crippen molar-refractivity contribution in [3.8, 4) is 6.07 Å². The molecule has 0 saturated carbocycles. The molecule has 1 aromatic carbocycles. The number of amides is 1. The summed E-state index contributed by atoms with van der Waals surface area (Å²) < 4.78 is 0. The van der Waals surface area contributed by atoms with E-state index in [4.69, 9.17) is 5.26 Å². The van der Waals surface area contributed by atoms with E-state index in [1.807, 2.05) is 17.5 Å². The molecule has 90 valence electrons. The van der Waals surface area contributed by atoms with Crippen molar-refractivity contribution >= 4 is 22.4 Å². The van der Waals surface area contributed by atoms with E-state index in [0.717, 1.165) is 5.56 Å². The maximum atomic E-state index is 11.6. The third-order valence-electron chi connectivity index (χ3n) is 2.40. The molecule has 4 nitrogen and oxygen atoms in total. The maximum absolute atomic E-state index is 11.6. The molecule has 0 aliphatic carbocycles. The lowest BCUT2D eigenvalue weighted by atomic mass is 10.1. The van der Waals surface area contributed by atoms with Gasteiger partial charge in [-0.25, -0.2) is 4.98 Å². The second kappa shape index (κ2) is 5.94. The standard InChI is InChI=1S/C13H11N3OS/c14-9-11-3-1-10(2-4-11)5-6-12(17)16-13-15-7-8-18-13/h1-4,7-8H,5-6H2,(H,15,16,17). The van der Waals surface area contributed by atoms with Gasteiger partial charge in [-0.05, 0) is 24.1 Å². The number of aromatic nitrogens is 1. The van der Waals surface area contributed by atoms with Crippen LogP contribution < -0.4 is 5.32 Å². The largest absolute Gasteiger partial charge is 0.302 e. The highest BCUT2D eigenvalue weighted by molar-refractivity contribution is 7.13. The number of hydrogen-bond acceptors (Lipinski definition) is 4. The summed E-state index contributed by atoms with van der Waals surface area (Å²) in [6, 6.07) is 9.32. The molecule has 5 heteroatoms. The summed E-state index contributed by atoms with van der Waals surface area (Å²) in [6.45, 7) is 0. The molecular formula is C13H11N3OS. The smallest absolute Gasteiger partial charge is 0.226 e. The predicted molar refractivity (Wildman–Crippen MR) is 70.2 cm³/mol. The van der Waals surface area contributed by atoms with Gasteiger partial charge < -0.3 is 5.32 Å². The van der Waals surface area contributed by atoms with Crippen LogP contribution >= 0.6 is 11.3 Å². The van der Waals surface area contributed by atoms with Crippen LogP contribution in [0.4, 0.5) is 5.13 Å². The number of carbonyl (C=O) groups is 1. The Morgan fingerprint density at radius 3 is 2.78 bits per heavy atom. The lowest BCUT2D eigenvalue weighted by Crippen LogP contribution is -2.11. The molecule has 0 unspecified atom stereocenters. The zero-order valence-corrected chi connectivity index (χ0v) is 10.4. The van der Waals surface area contributed by atoms with Crippen LogP contribution in [0.2, 0.25) is 0 Å². The minimum absolute atomic E-state index is 0.0469. The number of aryl methyl sites for hydroxylation is 1. The molecule has 1 heterocycles. The van der Waals surface area contributed by atoms with E-state index in [1.54, 1.807) is 18.3 Å². The van der Waals surface area contributed by atoms with Crippen molar-refractivity contribution in [3.63, 3.8) is 0 Å². The number of benzene rings is 1. The Morgan fingerprint density at radius 2 is 2.17 bits per heavy atom. The first-order chi connectivity index (χ1) is 8.78. The normalized spacial score (nSPS) is 9.72. The number of hydrogen-bond donors (Lipinski definition) is 1. The lowest BCUT2D eigenvalue weighted by Gasteiger charge is -2.02. The van der Waals surface area contributed by atoms with Crippen LogP contribution in [-0.4, -0.2) is 10.9 Å². The molecule has 1 N–H and O–H groups in total. The minimum Gasteiger partial charge on any atom is -0.302 e. The molecule has 0 saturated heterocycles. The van der Waals surface area contributed by atoms with Crippen molar-refractivity contribution < 1.29 is 4.79 Å². The van der Waals surface area contributed by atoms with Crippen molar-refractivity contribution in [3.05, 3.63) is 47.0 Å². The van der Waals surface area contributed by atoms with Gasteiger partial charge in [0.15, 0.2) is 5.13 Å². The summed E-state index contributed by atoms with van der Waals surface area (Å²) in [7, 11) is 0. The summed E-state index contributed by atoms with van der Waals surface area (Å²) >= 11 is 1.40. The average molecular weight is 257 g/mol. The lowest BCUT2D eigenvalue weighted by molar-refractivity contribution is -0.116. The molecule has 0 aliphatic rings. The predicted octanol–water partition coefficient (Wildman–Crippen LogP) is 2.59. The first-order valence-corrected chi connectivity index (χ1v) is 6.34. The molecule has 0 aliphatic heterocycles. The second-order valence-electron chi connectivity index (χ2n) is 3.69. The molecule has 0 spiro atoms. The monoisotopic (exact) mass is 257 g/mol. The van der Waals surface area contributed by atoms with Crippen LogP contribution in [-0.2, 0) is 11.2 Å². The molecule has 2 aromatic rings. The van der Waals surface area contributed by atoms with E-state index >= 15 is 0 Å². The zero-order valence-electron chi connectivity index (χ0n) is 9.59. The van der Waals surface area contributed by atoms with Crippen molar-refractivity contribution in [2.45, 2.75) is 12.8 Å². The summed E-state index contributed by atoms with van der Waals surface area (Å²) in [4.78, 5) is 15.6. The number of rotatable bonds is 4. The third kappa shape index (κ3) is 3.40. The topological polar surface area (TPSA) is 65.8 Å². The van der Waals surface area contributed by atoms with Gasteiger partial charge in [0.25, 0.3) is 0 Å². The molecule has 1 amide bonds. The third-order valence-corrected chi connectivity index (χ3v) is 3.09. The zero-order chi connectivity index (χ0) is 12.8. The van der Waals surface area contributed by atoms with Gasteiger partial charge in [-0.1, -0.05) is 12.1 Å². The van der Waals surface area contributed by atoms with E-state index in [9.17, 15) is 4.79 Å². The van der Waals surface area contributed by atoms with E-state index in [2.05, 4.69) is 16.4 Å². The Kier molecular flexibility index (Phi) is 4.05. The summed E-state index contributed by atoms with van der Waals surface area (Å²) in [5.41, 5.74) is 1.68. The van der Waals surface area contributed by atoms with Crippen LogP contribution in [0.25, 0.3) is 0 Å². The molecular weight excluding hydrogens is 246 g/mol. The summed E-state index contributed by atoms with van der Waals surface area (Å²) in [5, 5.41) is 13.8. The van der Waals surface area contributed by atoms with Gasteiger partial charge in [-0.2, -0.15) is 5.26 Å². The van der Waals surface area contributed by atoms with E-state index in [-0.39, 0.29) is 5.91 Å². The molecule has 18 heavy (non-hydrogen) atoms. The van der Waals surface area contributed by atoms with Crippen molar-refractivity contribution in [1.29, 1.82) is 5.26 Å². The summed E-state index contributed by atoms with van der Waals surface area (Å²) in [6.07, 6.45) is 2.72. The summed E-state index contributed by atoms with van der Waals surface area (Å²) in [5.74, 6) is -0.0469. The van der Waals surface area contributed by atoms with E-state index < -0.39 is 0 Å². The molecule has 0 bridgehead atoms. The van der Waals surface area contributed by atoms with Gasteiger partial charge in [-0.3, -0.25) is 4.79 Å². The Bertz CT molecular complexity index is 555. The van der Waals surface area contributed by atoms with Gasteiger partial charge in [0.05, 0.1) is 11.6 Å². The van der Waals surface area contributed by atoms with Gasteiger partial charge >= 0.3 is 0 Å². The number of nitriles is 1. The number of carbonyl (C=O) groups excluding carboxylic acids is 1. The van der Waals surface area contributed by atoms with Crippen LogP contribution in [0.5, 0.6) is 0 Å². The Balaban J connectivity index is 1.83. The first kappa shape index (κ1) is 12.3. The number of nitrogens with zero attached hydrogens (tertiary/aromatic N) is 2. The van der Waals surface area contributed by atoms with Gasteiger partial charge in [0.1, 0.15) is 0 Å². The van der Waals surface area contributed by atoms with Crippen LogP contribution in [0, 0.1) is 11.3 Å². The Hall–Kier alpha value is -2.19. The van der Waals surface area contributed by atoms with E-state index in [0.29, 0.717) is 23.5 Å². The van der Waals surface area contributed by atoms with Gasteiger partial charge in [0, 0.05) is 18.0 Å². The number of thiazole rings is 1. The fourth-order valence-corrected chi connectivity index (χ4v) is 2.02. The van der Waals surface area contributed by atoms with Crippen molar-refractivity contribution in [2.24, 2.45) is 0 Å². The van der Waals surface area contributed by atoms with Crippen molar-refractivity contribution in [1.82, 2.24) is 4.98 Å². The van der Waals surface area contributed by atoms with E-state index in [1.165, 1.54) is 11.3 Å². The molecule has 0 atom stereocenters. The van der Waals surface area contributed by atoms with Crippen LogP contribution in [0.1, 0.15) is 17.5 Å². The fourth-order valence-electron chi connectivity index (χ4n) is 1.47. The van der Waals surface area contributed by atoms with Crippen molar-refractivity contribution in [2.75, 3.05) is 5.32 Å².